The highest BCUT2D eigenvalue weighted by molar-refractivity contribution is 6.33. The average Bonchev–Trinajstić information content (AvgIpc) is 2.91. The Hall–Kier alpha value is -1.32. The van der Waals surface area contributed by atoms with Gasteiger partial charge in [0.05, 0.1) is 20.5 Å². The molecule has 1 aromatic carbocycles. The molecule has 0 spiro atoms. The van der Waals surface area contributed by atoms with Crippen LogP contribution in [-0.4, -0.2) is 14.2 Å². The van der Waals surface area contributed by atoms with Crippen molar-refractivity contribution in [1.82, 2.24) is 0 Å². The second-order valence-corrected chi connectivity index (χ2v) is 4.45. The van der Waals surface area contributed by atoms with Crippen LogP contribution in [0.15, 0.2) is 34.9 Å². The summed E-state index contributed by atoms with van der Waals surface area (Å²) >= 11 is 12.5. The van der Waals surface area contributed by atoms with Crippen LogP contribution in [0.4, 0.5) is 0 Å². The van der Waals surface area contributed by atoms with Crippen molar-refractivity contribution in [2.24, 2.45) is 0 Å². The van der Waals surface area contributed by atoms with E-state index in [2.05, 4.69) is 0 Å². The first-order valence-corrected chi connectivity index (χ1v) is 6.07. The van der Waals surface area contributed by atoms with Crippen molar-refractivity contribution in [3.63, 3.8) is 0 Å². The van der Waals surface area contributed by atoms with Gasteiger partial charge in [0.25, 0.3) is 0 Å². The van der Waals surface area contributed by atoms with Crippen LogP contribution >= 0.6 is 23.2 Å². The van der Waals surface area contributed by atoms with Crippen molar-refractivity contribution in [1.29, 1.82) is 0 Å². The Morgan fingerprint density at radius 2 is 1.83 bits per heavy atom. The number of halogens is 2. The summed E-state index contributed by atoms with van der Waals surface area (Å²) in [5.74, 6) is 1.77. The molecule has 0 aliphatic carbocycles. The van der Waals surface area contributed by atoms with E-state index in [-0.39, 0.29) is 0 Å². The fraction of sp³-hybridized carbons (Fsp3) is 0.231. The quantitative estimate of drug-likeness (QED) is 0.787. The van der Waals surface area contributed by atoms with Gasteiger partial charge >= 0.3 is 0 Å². The van der Waals surface area contributed by atoms with E-state index in [1.165, 1.54) is 0 Å². The van der Waals surface area contributed by atoms with E-state index >= 15 is 0 Å². The zero-order valence-electron chi connectivity index (χ0n) is 9.94. The summed E-state index contributed by atoms with van der Waals surface area (Å²) in [4.78, 5) is 0. The molecule has 0 fully saturated rings. The fourth-order valence-electron chi connectivity index (χ4n) is 1.65. The summed E-state index contributed by atoms with van der Waals surface area (Å²) in [6.45, 7) is 0. The Labute approximate surface area is 115 Å². The number of methoxy groups -OCH3 is 2. The lowest BCUT2D eigenvalue weighted by atomic mass is 10.1. The third kappa shape index (κ3) is 2.42. The predicted molar refractivity (Wildman–Crippen MR) is 71.0 cm³/mol. The predicted octanol–water partition coefficient (Wildman–Crippen LogP) is 4.28. The van der Waals surface area contributed by atoms with Crippen LogP contribution in [0.5, 0.6) is 11.5 Å². The van der Waals surface area contributed by atoms with Gasteiger partial charge in [0.15, 0.2) is 11.5 Å². The van der Waals surface area contributed by atoms with Crippen molar-refractivity contribution >= 4 is 23.2 Å². The van der Waals surface area contributed by atoms with E-state index in [0.717, 1.165) is 0 Å². The molecule has 3 nitrogen and oxygen atoms in total. The molecule has 96 valence electrons. The lowest BCUT2D eigenvalue weighted by Crippen LogP contribution is -1.97. The molecule has 2 rings (SSSR count). The van der Waals surface area contributed by atoms with Crippen LogP contribution in [0.25, 0.3) is 0 Å². The van der Waals surface area contributed by atoms with Gasteiger partial charge in [-0.15, -0.1) is 11.6 Å². The molecule has 0 bridgehead atoms. The minimum atomic E-state index is -0.465. The first kappa shape index (κ1) is 13.1. The largest absolute Gasteiger partial charge is 0.493 e. The van der Waals surface area contributed by atoms with Gasteiger partial charge in [-0.25, -0.2) is 0 Å². The maximum atomic E-state index is 6.33. The van der Waals surface area contributed by atoms with E-state index in [1.54, 1.807) is 44.7 Å². The fourth-order valence-corrected chi connectivity index (χ4v) is 2.28. The molecule has 1 heterocycles. The molecule has 5 heteroatoms. The second-order valence-electron chi connectivity index (χ2n) is 3.61. The topological polar surface area (TPSA) is 31.6 Å². The first-order valence-electron chi connectivity index (χ1n) is 5.26. The first-order chi connectivity index (χ1) is 8.67. The molecule has 0 radical (unpaired) electrons. The number of hydrogen-bond acceptors (Lipinski definition) is 3. The number of rotatable bonds is 4. The lowest BCUT2D eigenvalue weighted by molar-refractivity contribution is 0.354. The molecular formula is C13H12Cl2O3. The Balaban J connectivity index is 2.45. The third-order valence-corrected chi connectivity index (χ3v) is 3.35. The molecule has 1 atom stereocenters. The second kappa shape index (κ2) is 5.55. The Morgan fingerprint density at radius 1 is 1.17 bits per heavy atom. The summed E-state index contributed by atoms with van der Waals surface area (Å²) in [6.07, 6.45) is 1.57. The number of furan rings is 1. The van der Waals surface area contributed by atoms with Crippen molar-refractivity contribution in [2.75, 3.05) is 14.2 Å². The van der Waals surface area contributed by atoms with Crippen LogP contribution in [0.2, 0.25) is 5.02 Å². The highest BCUT2D eigenvalue weighted by atomic mass is 35.5. The number of ether oxygens (including phenoxy) is 2. The Bertz CT molecular complexity index is 523. The zero-order chi connectivity index (χ0) is 13.1. The van der Waals surface area contributed by atoms with E-state index in [9.17, 15) is 0 Å². The maximum Gasteiger partial charge on any atom is 0.162 e. The average molecular weight is 287 g/mol. The molecule has 2 aromatic rings. The number of benzene rings is 1. The van der Waals surface area contributed by atoms with E-state index in [0.29, 0.717) is 27.8 Å². The van der Waals surface area contributed by atoms with Gasteiger partial charge < -0.3 is 13.9 Å². The number of alkyl halides is 1. The van der Waals surface area contributed by atoms with Crippen molar-refractivity contribution in [2.45, 2.75) is 5.38 Å². The van der Waals surface area contributed by atoms with Gasteiger partial charge in [-0.2, -0.15) is 0 Å². The van der Waals surface area contributed by atoms with Gasteiger partial charge in [0, 0.05) is 16.7 Å². The SMILES string of the molecule is COc1cc(Cl)c(C(Cl)c2ccco2)cc1OC. The highest BCUT2D eigenvalue weighted by Crippen LogP contribution is 2.40. The van der Waals surface area contributed by atoms with Gasteiger partial charge in [0.1, 0.15) is 11.1 Å². The van der Waals surface area contributed by atoms with Gasteiger partial charge in [0.2, 0.25) is 0 Å². The van der Waals surface area contributed by atoms with E-state index < -0.39 is 5.38 Å². The van der Waals surface area contributed by atoms with Crippen LogP contribution in [0.3, 0.4) is 0 Å². The van der Waals surface area contributed by atoms with Gasteiger partial charge in [-0.05, 0) is 18.2 Å². The molecule has 0 N–H and O–H groups in total. The molecule has 0 saturated carbocycles. The molecule has 0 aliphatic heterocycles. The molecule has 0 amide bonds. The minimum absolute atomic E-state index is 0.465. The molecule has 1 aromatic heterocycles. The van der Waals surface area contributed by atoms with Crippen LogP contribution in [0.1, 0.15) is 16.7 Å². The molecule has 1 unspecified atom stereocenters. The summed E-state index contributed by atoms with van der Waals surface area (Å²) in [5, 5.41) is 0.0383. The Kier molecular flexibility index (Phi) is 4.04. The maximum absolute atomic E-state index is 6.33. The summed E-state index contributed by atoms with van der Waals surface area (Å²) in [6, 6.07) is 7.00. The minimum Gasteiger partial charge on any atom is -0.493 e. The van der Waals surface area contributed by atoms with E-state index in [4.69, 9.17) is 37.1 Å². The van der Waals surface area contributed by atoms with Crippen LogP contribution in [0, 0.1) is 0 Å². The Morgan fingerprint density at radius 3 is 2.39 bits per heavy atom. The number of hydrogen-bond donors (Lipinski definition) is 0. The standard InChI is InChI=1S/C13H12Cl2O3/c1-16-11-6-8(9(14)7-12(11)17-2)13(15)10-4-3-5-18-10/h3-7,13H,1-2H3. The van der Waals surface area contributed by atoms with Crippen molar-refractivity contribution in [3.8, 4) is 11.5 Å². The molecule has 0 saturated heterocycles. The molecule has 18 heavy (non-hydrogen) atoms. The normalized spacial score (nSPS) is 12.2. The van der Waals surface area contributed by atoms with Gasteiger partial charge in [-0.1, -0.05) is 11.6 Å². The monoisotopic (exact) mass is 286 g/mol. The summed E-state index contributed by atoms with van der Waals surface area (Å²) in [5.41, 5.74) is 0.714. The molecule has 0 aliphatic rings. The van der Waals surface area contributed by atoms with E-state index in [1.807, 2.05) is 0 Å². The zero-order valence-corrected chi connectivity index (χ0v) is 11.5. The van der Waals surface area contributed by atoms with Crippen LogP contribution in [-0.2, 0) is 0 Å². The van der Waals surface area contributed by atoms with Crippen molar-refractivity contribution in [3.05, 3.63) is 46.9 Å². The molecular weight excluding hydrogens is 275 g/mol. The lowest BCUT2D eigenvalue weighted by Gasteiger charge is -2.14. The van der Waals surface area contributed by atoms with Crippen molar-refractivity contribution < 1.29 is 13.9 Å². The highest BCUT2D eigenvalue weighted by Gasteiger charge is 2.19. The summed E-state index contributed by atoms with van der Waals surface area (Å²) < 4.78 is 15.7. The summed E-state index contributed by atoms with van der Waals surface area (Å²) in [7, 11) is 3.12. The third-order valence-electron chi connectivity index (χ3n) is 2.57. The smallest absolute Gasteiger partial charge is 0.162 e. The van der Waals surface area contributed by atoms with Gasteiger partial charge in [-0.3, -0.25) is 0 Å². The van der Waals surface area contributed by atoms with Crippen LogP contribution < -0.4 is 9.47 Å².